The number of carbonyl (C=O) groups is 1. The molecule has 0 aliphatic carbocycles. The highest BCUT2D eigenvalue weighted by Gasteiger charge is 2.15. The van der Waals surface area contributed by atoms with Crippen LogP contribution < -0.4 is 0 Å². The standard InChI is InChI=1S/C13H7Cl2FO2S/c14-9-2-1-3-10(16)7(9)6-8(13(17)18)11-4-5-12(15)19-11/h1-6H,(H,17,18)/b8-6-. The van der Waals surface area contributed by atoms with E-state index >= 15 is 0 Å². The second-order valence-corrected chi connectivity index (χ2v) is 5.72. The number of halogens is 3. The first kappa shape index (κ1) is 14.1. The van der Waals surface area contributed by atoms with Crippen molar-refractivity contribution < 1.29 is 14.3 Å². The number of rotatable bonds is 3. The van der Waals surface area contributed by atoms with E-state index in [-0.39, 0.29) is 16.2 Å². The SMILES string of the molecule is O=C(O)/C(=C\c1c(F)cccc1Cl)c1ccc(Cl)s1. The number of carboxylic acid groups (broad SMARTS) is 1. The molecule has 0 atom stereocenters. The van der Waals surface area contributed by atoms with Crippen LogP contribution in [0.3, 0.4) is 0 Å². The Morgan fingerprint density at radius 3 is 2.53 bits per heavy atom. The average Bonchev–Trinajstić information content (AvgIpc) is 2.74. The monoisotopic (exact) mass is 316 g/mol. The number of hydrogen-bond acceptors (Lipinski definition) is 2. The summed E-state index contributed by atoms with van der Waals surface area (Å²) < 4.78 is 14.1. The summed E-state index contributed by atoms with van der Waals surface area (Å²) in [4.78, 5) is 11.7. The van der Waals surface area contributed by atoms with E-state index in [1.165, 1.54) is 24.3 Å². The molecule has 2 aromatic rings. The molecule has 0 aliphatic rings. The zero-order valence-electron chi connectivity index (χ0n) is 9.36. The van der Waals surface area contributed by atoms with Crippen molar-refractivity contribution in [2.45, 2.75) is 0 Å². The summed E-state index contributed by atoms with van der Waals surface area (Å²) in [6.07, 6.45) is 1.21. The van der Waals surface area contributed by atoms with E-state index < -0.39 is 11.8 Å². The zero-order chi connectivity index (χ0) is 14.0. The van der Waals surface area contributed by atoms with Gasteiger partial charge in [0.05, 0.1) is 14.9 Å². The van der Waals surface area contributed by atoms with Gasteiger partial charge in [0.1, 0.15) is 5.82 Å². The van der Waals surface area contributed by atoms with Crippen LogP contribution in [0.15, 0.2) is 30.3 Å². The van der Waals surface area contributed by atoms with Gasteiger partial charge in [-0.2, -0.15) is 0 Å². The van der Waals surface area contributed by atoms with Gasteiger partial charge in [0.15, 0.2) is 0 Å². The number of aliphatic carboxylic acids is 1. The predicted molar refractivity (Wildman–Crippen MR) is 76.2 cm³/mol. The van der Waals surface area contributed by atoms with Gasteiger partial charge in [-0.1, -0.05) is 29.3 Å². The Hall–Kier alpha value is -1.36. The summed E-state index contributed by atoms with van der Waals surface area (Å²) in [6.45, 7) is 0. The number of hydrogen-bond donors (Lipinski definition) is 1. The maximum Gasteiger partial charge on any atom is 0.337 e. The fourth-order valence-corrected chi connectivity index (χ4v) is 2.76. The molecule has 0 saturated heterocycles. The van der Waals surface area contributed by atoms with Crippen molar-refractivity contribution in [3.8, 4) is 0 Å². The van der Waals surface area contributed by atoms with Crippen LogP contribution in [-0.4, -0.2) is 11.1 Å². The van der Waals surface area contributed by atoms with E-state index in [0.29, 0.717) is 9.21 Å². The molecule has 0 spiro atoms. The number of carboxylic acids is 1. The lowest BCUT2D eigenvalue weighted by Gasteiger charge is -2.03. The molecule has 0 amide bonds. The van der Waals surface area contributed by atoms with Crippen molar-refractivity contribution in [1.82, 2.24) is 0 Å². The largest absolute Gasteiger partial charge is 0.478 e. The van der Waals surface area contributed by atoms with Crippen molar-refractivity contribution in [2.24, 2.45) is 0 Å². The first-order chi connectivity index (χ1) is 8.99. The van der Waals surface area contributed by atoms with Gasteiger partial charge in [0.25, 0.3) is 0 Å². The Morgan fingerprint density at radius 1 is 1.26 bits per heavy atom. The average molecular weight is 317 g/mol. The minimum absolute atomic E-state index is 0.0473. The molecular weight excluding hydrogens is 310 g/mol. The van der Waals surface area contributed by atoms with Crippen LogP contribution in [0, 0.1) is 5.82 Å². The van der Waals surface area contributed by atoms with Gasteiger partial charge in [-0.3, -0.25) is 0 Å². The minimum atomic E-state index is -1.17. The lowest BCUT2D eigenvalue weighted by Crippen LogP contribution is -1.98. The van der Waals surface area contributed by atoms with Gasteiger partial charge < -0.3 is 5.11 Å². The molecule has 0 bridgehead atoms. The van der Waals surface area contributed by atoms with Crippen LogP contribution in [0.25, 0.3) is 11.6 Å². The molecular formula is C13H7Cl2FO2S. The van der Waals surface area contributed by atoms with E-state index in [0.717, 1.165) is 11.3 Å². The smallest absolute Gasteiger partial charge is 0.337 e. The lowest BCUT2D eigenvalue weighted by atomic mass is 10.1. The maximum atomic E-state index is 13.7. The van der Waals surface area contributed by atoms with Gasteiger partial charge in [-0.25, -0.2) is 9.18 Å². The van der Waals surface area contributed by atoms with Crippen LogP contribution in [-0.2, 0) is 4.79 Å². The number of benzene rings is 1. The maximum absolute atomic E-state index is 13.7. The van der Waals surface area contributed by atoms with Gasteiger partial charge in [0, 0.05) is 10.4 Å². The molecule has 2 rings (SSSR count). The Morgan fingerprint density at radius 2 is 2.00 bits per heavy atom. The Labute approximate surface area is 122 Å². The third-order valence-corrected chi connectivity index (χ3v) is 3.95. The van der Waals surface area contributed by atoms with Crippen molar-refractivity contribution in [2.75, 3.05) is 0 Å². The van der Waals surface area contributed by atoms with Crippen LogP contribution in [0.1, 0.15) is 10.4 Å². The fraction of sp³-hybridized carbons (Fsp3) is 0. The summed E-state index contributed by atoms with van der Waals surface area (Å²) >= 11 is 12.7. The third-order valence-electron chi connectivity index (χ3n) is 2.36. The quantitative estimate of drug-likeness (QED) is 0.824. The molecule has 0 aliphatic heterocycles. The molecule has 98 valence electrons. The lowest BCUT2D eigenvalue weighted by molar-refractivity contribution is -0.130. The van der Waals surface area contributed by atoms with Crippen LogP contribution in [0.5, 0.6) is 0 Å². The molecule has 6 heteroatoms. The Bertz CT molecular complexity index is 644. The van der Waals surface area contributed by atoms with E-state index in [9.17, 15) is 14.3 Å². The highest BCUT2D eigenvalue weighted by atomic mass is 35.5. The van der Waals surface area contributed by atoms with E-state index in [1.807, 2.05) is 0 Å². The number of thiophene rings is 1. The predicted octanol–water partition coefficient (Wildman–Crippen LogP) is 4.82. The van der Waals surface area contributed by atoms with Crippen molar-refractivity contribution in [1.29, 1.82) is 0 Å². The molecule has 1 aromatic carbocycles. The van der Waals surface area contributed by atoms with E-state index in [4.69, 9.17) is 23.2 Å². The molecule has 0 radical (unpaired) electrons. The van der Waals surface area contributed by atoms with Gasteiger partial charge in [-0.05, 0) is 30.3 Å². The summed E-state index contributed by atoms with van der Waals surface area (Å²) in [5.74, 6) is -1.74. The first-order valence-electron chi connectivity index (χ1n) is 5.13. The second kappa shape index (κ2) is 5.74. The molecule has 1 heterocycles. The zero-order valence-corrected chi connectivity index (χ0v) is 11.7. The Kier molecular flexibility index (Phi) is 4.24. The molecule has 1 aromatic heterocycles. The molecule has 2 nitrogen and oxygen atoms in total. The van der Waals surface area contributed by atoms with Crippen molar-refractivity contribution >= 4 is 52.2 Å². The van der Waals surface area contributed by atoms with Crippen LogP contribution in [0.2, 0.25) is 9.36 Å². The highest BCUT2D eigenvalue weighted by Crippen LogP contribution is 2.31. The van der Waals surface area contributed by atoms with Gasteiger partial charge in [0.2, 0.25) is 0 Å². The first-order valence-corrected chi connectivity index (χ1v) is 6.71. The topological polar surface area (TPSA) is 37.3 Å². The van der Waals surface area contributed by atoms with Gasteiger partial charge >= 0.3 is 5.97 Å². The molecule has 0 fully saturated rings. The fourth-order valence-electron chi connectivity index (χ4n) is 1.49. The van der Waals surface area contributed by atoms with E-state index in [1.54, 1.807) is 12.1 Å². The summed E-state index contributed by atoms with van der Waals surface area (Å²) in [5, 5.41) is 9.36. The minimum Gasteiger partial charge on any atom is -0.478 e. The summed E-state index contributed by atoms with van der Waals surface area (Å²) in [5.41, 5.74) is -0.00464. The third kappa shape index (κ3) is 3.15. The molecule has 0 unspecified atom stereocenters. The van der Waals surface area contributed by atoms with Gasteiger partial charge in [-0.15, -0.1) is 11.3 Å². The normalized spacial score (nSPS) is 11.6. The molecule has 1 N–H and O–H groups in total. The summed E-state index contributed by atoms with van der Waals surface area (Å²) in [7, 11) is 0. The van der Waals surface area contributed by atoms with Crippen LogP contribution >= 0.6 is 34.5 Å². The van der Waals surface area contributed by atoms with Crippen LogP contribution in [0.4, 0.5) is 4.39 Å². The van der Waals surface area contributed by atoms with Crippen molar-refractivity contribution in [3.63, 3.8) is 0 Å². The van der Waals surface area contributed by atoms with Crippen molar-refractivity contribution in [3.05, 3.63) is 55.9 Å². The summed E-state index contributed by atoms with van der Waals surface area (Å²) in [6, 6.07) is 7.33. The molecule has 19 heavy (non-hydrogen) atoms. The Balaban J connectivity index is 2.57. The van der Waals surface area contributed by atoms with E-state index in [2.05, 4.69) is 0 Å². The molecule has 0 saturated carbocycles. The highest BCUT2D eigenvalue weighted by molar-refractivity contribution is 7.17. The second-order valence-electron chi connectivity index (χ2n) is 3.60.